The number of hydrogen-bond acceptors (Lipinski definition) is 5. The summed E-state index contributed by atoms with van der Waals surface area (Å²) in [6.07, 6.45) is 0. The molecule has 1 aliphatic rings. The average molecular weight is 785 g/mol. The van der Waals surface area contributed by atoms with Crippen LogP contribution < -0.4 is 0 Å². The van der Waals surface area contributed by atoms with Gasteiger partial charge >= 0.3 is 0 Å². The van der Waals surface area contributed by atoms with Crippen LogP contribution in [-0.4, -0.2) is 19.9 Å². The zero-order valence-corrected chi connectivity index (χ0v) is 33.8. The minimum absolute atomic E-state index is 0.0720. The molecule has 0 unspecified atom stereocenters. The molecule has 8 aromatic carbocycles. The Labute approximate surface area is 351 Å². The fourth-order valence-electron chi connectivity index (χ4n) is 9.34. The molecule has 3 aromatic heterocycles. The van der Waals surface area contributed by atoms with Crippen LogP contribution in [0.2, 0.25) is 0 Å². The second kappa shape index (κ2) is 13.3. The zero-order valence-electron chi connectivity index (χ0n) is 33.0. The molecular weight excluding hydrogens is 749 g/mol. The van der Waals surface area contributed by atoms with Crippen LogP contribution in [0.4, 0.5) is 0 Å². The average Bonchev–Trinajstić information content (AvgIpc) is 3.81. The van der Waals surface area contributed by atoms with Gasteiger partial charge < -0.3 is 0 Å². The number of pyridine rings is 1. The maximum Gasteiger partial charge on any atom is 0.164 e. The molecule has 60 heavy (non-hydrogen) atoms. The van der Waals surface area contributed by atoms with Gasteiger partial charge in [-0.3, -0.25) is 0 Å². The van der Waals surface area contributed by atoms with Crippen molar-refractivity contribution in [3.8, 4) is 67.7 Å². The molecule has 282 valence electrons. The SMILES string of the molecule is CC1(C)c2ccccc2-c2cc(-c3nc(-c4ccccc4)nc(-c4ccc(-c5cccc6c5sc5c6ccc6c(-c7ccccc7)nc7ccccc7c65)cc4)n3)ccc21. The summed E-state index contributed by atoms with van der Waals surface area (Å²) in [6, 6.07) is 64.6. The molecule has 11 aromatic rings. The van der Waals surface area contributed by atoms with E-state index >= 15 is 0 Å². The van der Waals surface area contributed by atoms with Gasteiger partial charge in [-0.2, -0.15) is 0 Å². The van der Waals surface area contributed by atoms with Crippen LogP contribution in [0.25, 0.3) is 110 Å². The Bertz CT molecular complexity index is 3500. The smallest absolute Gasteiger partial charge is 0.164 e. The molecule has 0 N–H and O–H groups in total. The second-order valence-corrected chi connectivity index (χ2v) is 17.2. The summed E-state index contributed by atoms with van der Waals surface area (Å²) in [7, 11) is 0. The van der Waals surface area contributed by atoms with Gasteiger partial charge in [-0.1, -0.05) is 184 Å². The van der Waals surface area contributed by atoms with E-state index in [-0.39, 0.29) is 5.41 Å². The molecule has 0 saturated heterocycles. The summed E-state index contributed by atoms with van der Waals surface area (Å²) in [5.41, 5.74) is 13.5. The van der Waals surface area contributed by atoms with E-state index in [9.17, 15) is 0 Å². The molecule has 0 atom stereocenters. The Balaban J connectivity index is 0.982. The van der Waals surface area contributed by atoms with Crippen molar-refractivity contribution < 1.29 is 0 Å². The minimum Gasteiger partial charge on any atom is -0.247 e. The predicted molar refractivity (Wildman–Crippen MR) is 250 cm³/mol. The first-order valence-electron chi connectivity index (χ1n) is 20.4. The van der Waals surface area contributed by atoms with E-state index in [4.69, 9.17) is 19.9 Å². The molecule has 0 bridgehead atoms. The van der Waals surface area contributed by atoms with Gasteiger partial charge in [-0.05, 0) is 45.5 Å². The number of hydrogen-bond donors (Lipinski definition) is 0. The third kappa shape index (κ3) is 5.36. The summed E-state index contributed by atoms with van der Waals surface area (Å²) in [6.45, 7) is 4.61. The summed E-state index contributed by atoms with van der Waals surface area (Å²) in [4.78, 5) is 20.5. The molecule has 1 aliphatic carbocycles. The standard InChI is InChI=1S/C55H36N4S/c1-55(2)45-22-11-9-18-39(45)44-32-37(28-31-46(44)55)54-58-52(35-16-7-4-8-17-35)57-53(59-54)36-26-24-33(25-27-36)38-20-13-21-40-41-29-30-43-48(51(41)60-50(38)40)42-19-10-12-23-47(42)56-49(43)34-14-5-3-6-15-34/h3-32H,1-2H3. The molecule has 4 nitrogen and oxygen atoms in total. The van der Waals surface area contributed by atoms with Gasteiger partial charge in [0.25, 0.3) is 0 Å². The molecular formula is C55H36N4S. The lowest BCUT2D eigenvalue weighted by Crippen LogP contribution is -2.14. The fraction of sp³-hybridized carbons (Fsp3) is 0.0545. The van der Waals surface area contributed by atoms with Crippen molar-refractivity contribution in [3.63, 3.8) is 0 Å². The van der Waals surface area contributed by atoms with Gasteiger partial charge in [-0.25, -0.2) is 19.9 Å². The van der Waals surface area contributed by atoms with Crippen LogP contribution in [-0.2, 0) is 5.41 Å². The van der Waals surface area contributed by atoms with E-state index in [1.807, 2.05) is 29.5 Å². The summed E-state index contributed by atoms with van der Waals surface area (Å²) in [5, 5.41) is 6.13. The molecule has 0 radical (unpaired) electrons. The van der Waals surface area contributed by atoms with Gasteiger partial charge in [0.15, 0.2) is 17.5 Å². The molecule has 3 heterocycles. The van der Waals surface area contributed by atoms with Gasteiger partial charge in [0, 0.05) is 64.0 Å². The number of fused-ring (bicyclic) bond motifs is 10. The predicted octanol–water partition coefficient (Wildman–Crippen LogP) is 14.6. The van der Waals surface area contributed by atoms with E-state index in [1.54, 1.807) is 0 Å². The Morgan fingerprint density at radius 3 is 1.70 bits per heavy atom. The molecule has 0 saturated carbocycles. The van der Waals surface area contributed by atoms with E-state index in [1.165, 1.54) is 64.1 Å². The van der Waals surface area contributed by atoms with Crippen molar-refractivity contribution in [2.75, 3.05) is 0 Å². The van der Waals surface area contributed by atoms with Gasteiger partial charge in [-0.15, -0.1) is 11.3 Å². The highest BCUT2D eigenvalue weighted by Crippen LogP contribution is 2.50. The Kier molecular flexibility index (Phi) is 7.72. The van der Waals surface area contributed by atoms with Crippen molar-refractivity contribution in [2.24, 2.45) is 0 Å². The van der Waals surface area contributed by atoms with E-state index < -0.39 is 0 Å². The monoisotopic (exact) mass is 784 g/mol. The number of nitrogens with zero attached hydrogens (tertiary/aromatic N) is 4. The van der Waals surface area contributed by atoms with Crippen molar-refractivity contribution in [1.82, 2.24) is 19.9 Å². The minimum atomic E-state index is -0.0720. The number of rotatable bonds is 5. The molecule has 0 fully saturated rings. The molecule has 0 aliphatic heterocycles. The van der Waals surface area contributed by atoms with Crippen molar-refractivity contribution >= 4 is 53.2 Å². The topological polar surface area (TPSA) is 51.6 Å². The van der Waals surface area contributed by atoms with Gasteiger partial charge in [0.2, 0.25) is 0 Å². The van der Waals surface area contributed by atoms with Crippen LogP contribution in [0, 0.1) is 0 Å². The Hall–Kier alpha value is -7.34. The Morgan fingerprint density at radius 2 is 0.917 bits per heavy atom. The highest BCUT2D eigenvalue weighted by atomic mass is 32.1. The van der Waals surface area contributed by atoms with E-state index in [0.717, 1.165) is 39.0 Å². The molecule has 5 heteroatoms. The van der Waals surface area contributed by atoms with Gasteiger partial charge in [0.05, 0.1) is 11.2 Å². The maximum absolute atomic E-state index is 5.20. The van der Waals surface area contributed by atoms with Crippen LogP contribution in [0.5, 0.6) is 0 Å². The number of aromatic nitrogens is 4. The Morgan fingerprint density at radius 1 is 0.367 bits per heavy atom. The van der Waals surface area contributed by atoms with Gasteiger partial charge in [0.1, 0.15) is 0 Å². The number of para-hydroxylation sites is 1. The third-order valence-corrected chi connectivity index (χ3v) is 13.6. The maximum atomic E-state index is 5.20. The summed E-state index contributed by atoms with van der Waals surface area (Å²) >= 11 is 1.87. The molecule has 0 amide bonds. The van der Waals surface area contributed by atoms with Crippen molar-refractivity contribution in [1.29, 1.82) is 0 Å². The summed E-state index contributed by atoms with van der Waals surface area (Å²) in [5.74, 6) is 1.96. The van der Waals surface area contributed by atoms with Crippen LogP contribution in [0.3, 0.4) is 0 Å². The van der Waals surface area contributed by atoms with Crippen LogP contribution in [0.15, 0.2) is 182 Å². The first-order chi connectivity index (χ1) is 29.5. The lowest BCUT2D eigenvalue weighted by atomic mass is 9.82. The highest BCUT2D eigenvalue weighted by molar-refractivity contribution is 7.27. The largest absolute Gasteiger partial charge is 0.247 e. The normalized spacial score (nSPS) is 13.0. The van der Waals surface area contributed by atoms with E-state index in [0.29, 0.717) is 17.5 Å². The zero-order chi connectivity index (χ0) is 40.0. The second-order valence-electron chi connectivity index (χ2n) is 16.2. The molecule has 0 spiro atoms. The first kappa shape index (κ1) is 34.7. The fourth-order valence-corrected chi connectivity index (χ4v) is 10.7. The first-order valence-corrected chi connectivity index (χ1v) is 21.2. The van der Waals surface area contributed by atoms with Crippen molar-refractivity contribution in [2.45, 2.75) is 19.3 Å². The highest BCUT2D eigenvalue weighted by Gasteiger charge is 2.35. The lowest BCUT2D eigenvalue weighted by Gasteiger charge is -2.21. The van der Waals surface area contributed by atoms with E-state index in [2.05, 4.69) is 178 Å². The number of thiophene rings is 1. The lowest BCUT2D eigenvalue weighted by molar-refractivity contribution is 0.660. The van der Waals surface area contributed by atoms with Crippen LogP contribution >= 0.6 is 11.3 Å². The third-order valence-electron chi connectivity index (χ3n) is 12.3. The molecule has 12 rings (SSSR count). The summed E-state index contributed by atoms with van der Waals surface area (Å²) < 4.78 is 2.55. The van der Waals surface area contributed by atoms with Crippen LogP contribution in [0.1, 0.15) is 25.0 Å². The van der Waals surface area contributed by atoms with Crippen molar-refractivity contribution in [3.05, 3.63) is 193 Å². The number of benzene rings is 8. The quantitative estimate of drug-likeness (QED) is 0.163.